The molecule has 2 aromatic carbocycles. The number of carbonyl (C=O) groups is 2. The smallest absolute Gasteiger partial charge is 0.257 e. The molecule has 0 aromatic heterocycles. The van der Waals surface area contributed by atoms with Gasteiger partial charge in [-0.2, -0.15) is 0 Å². The van der Waals surface area contributed by atoms with Gasteiger partial charge in [0, 0.05) is 19.5 Å². The molecule has 0 aliphatic carbocycles. The molecule has 6 nitrogen and oxygen atoms in total. The third-order valence-corrected chi connectivity index (χ3v) is 4.83. The minimum Gasteiger partial charge on any atom is -0.492 e. The van der Waals surface area contributed by atoms with Gasteiger partial charge in [0.2, 0.25) is 5.91 Å². The van der Waals surface area contributed by atoms with Gasteiger partial charge in [0.05, 0.1) is 18.1 Å². The fourth-order valence-corrected chi connectivity index (χ4v) is 3.36. The molecule has 6 heteroatoms. The summed E-state index contributed by atoms with van der Waals surface area (Å²) in [6, 6.07) is 17.3. The second-order valence-corrected chi connectivity index (χ2v) is 6.68. The highest BCUT2D eigenvalue weighted by molar-refractivity contribution is 5.97. The van der Waals surface area contributed by atoms with E-state index in [2.05, 4.69) is 17.6 Å². The number of rotatable bonds is 6. The molecule has 27 heavy (non-hydrogen) atoms. The Hall–Kier alpha value is -2.86. The van der Waals surface area contributed by atoms with E-state index in [4.69, 9.17) is 10.6 Å². The lowest BCUT2D eigenvalue weighted by molar-refractivity contribution is -0.126. The first kappa shape index (κ1) is 18.9. The third-order valence-electron chi connectivity index (χ3n) is 4.83. The molecule has 3 rings (SSSR count). The number of amides is 2. The van der Waals surface area contributed by atoms with E-state index in [1.807, 2.05) is 36.4 Å². The summed E-state index contributed by atoms with van der Waals surface area (Å²) in [4.78, 5) is 26.5. The van der Waals surface area contributed by atoms with Crippen molar-refractivity contribution < 1.29 is 14.3 Å². The number of benzene rings is 2. The van der Waals surface area contributed by atoms with E-state index in [0.29, 0.717) is 31.0 Å². The van der Waals surface area contributed by atoms with E-state index in [1.54, 1.807) is 11.0 Å². The Labute approximate surface area is 159 Å². The Kier molecular flexibility index (Phi) is 6.44. The van der Waals surface area contributed by atoms with E-state index in [-0.39, 0.29) is 17.7 Å². The number of ether oxygens (including phenoxy) is 1. The minimum atomic E-state index is -0.265. The molecule has 1 heterocycles. The molecule has 1 aliphatic rings. The summed E-state index contributed by atoms with van der Waals surface area (Å²) in [5, 5.41) is 0. The summed E-state index contributed by atoms with van der Waals surface area (Å²) < 4.78 is 5.90. The van der Waals surface area contributed by atoms with Crippen LogP contribution in [0.15, 0.2) is 54.6 Å². The van der Waals surface area contributed by atoms with Gasteiger partial charge in [0.15, 0.2) is 0 Å². The van der Waals surface area contributed by atoms with E-state index < -0.39 is 0 Å². The van der Waals surface area contributed by atoms with Gasteiger partial charge >= 0.3 is 0 Å². The molecule has 142 valence electrons. The van der Waals surface area contributed by atoms with Crippen molar-refractivity contribution in [3.8, 4) is 5.75 Å². The number of nitrogens with zero attached hydrogens (tertiary/aromatic N) is 1. The molecule has 2 aromatic rings. The third kappa shape index (κ3) is 4.86. The van der Waals surface area contributed by atoms with Gasteiger partial charge in [-0.3, -0.25) is 15.0 Å². The van der Waals surface area contributed by atoms with E-state index in [9.17, 15) is 9.59 Å². The van der Waals surface area contributed by atoms with Gasteiger partial charge in [-0.25, -0.2) is 5.84 Å². The molecule has 1 atom stereocenters. The van der Waals surface area contributed by atoms with Crippen LogP contribution < -0.4 is 16.0 Å². The van der Waals surface area contributed by atoms with Crippen LogP contribution in [0.3, 0.4) is 0 Å². The molecule has 0 bridgehead atoms. The van der Waals surface area contributed by atoms with Crippen molar-refractivity contribution in [1.29, 1.82) is 0 Å². The zero-order chi connectivity index (χ0) is 19.1. The molecule has 2 amide bonds. The molecule has 1 unspecified atom stereocenters. The van der Waals surface area contributed by atoms with Crippen LogP contribution in [-0.2, 0) is 11.2 Å². The number of hydrazine groups is 1. The summed E-state index contributed by atoms with van der Waals surface area (Å²) in [7, 11) is 0. The first-order chi connectivity index (χ1) is 13.2. The van der Waals surface area contributed by atoms with E-state index >= 15 is 0 Å². The van der Waals surface area contributed by atoms with Gasteiger partial charge in [0.1, 0.15) is 5.75 Å². The fraction of sp³-hybridized carbons (Fsp3) is 0.333. The topological polar surface area (TPSA) is 84.7 Å². The highest BCUT2D eigenvalue weighted by atomic mass is 16.5. The van der Waals surface area contributed by atoms with Crippen LogP contribution in [-0.4, -0.2) is 36.4 Å². The van der Waals surface area contributed by atoms with Gasteiger partial charge in [-0.05, 0) is 30.5 Å². The molecular formula is C21H25N3O3. The lowest BCUT2D eigenvalue weighted by Crippen LogP contribution is -2.47. The van der Waals surface area contributed by atoms with Crippen LogP contribution in [0.4, 0.5) is 0 Å². The van der Waals surface area contributed by atoms with Crippen LogP contribution in [0.1, 0.15) is 28.8 Å². The molecule has 3 N–H and O–H groups in total. The molecule has 0 spiro atoms. The lowest BCUT2D eigenvalue weighted by atomic mass is 9.96. The highest BCUT2D eigenvalue weighted by Crippen LogP contribution is 2.24. The molecule has 1 fully saturated rings. The van der Waals surface area contributed by atoms with E-state index in [0.717, 1.165) is 19.3 Å². The average Bonchev–Trinajstić information content (AvgIpc) is 2.74. The van der Waals surface area contributed by atoms with Crippen molar-refractivity contribution in [3.63, 3.8) is 0 Å². The zero-order valence-electron chi connectivity index (χ0n) is 15.3. The Morgan fingerprint density at radius 1 is 1.11 bits per heavy atom. The Morgan fingerprint density at radius 3 is 2.63 bits per heavy atom. The number of nitrogens with two attached hydrogens (primary N) is 1. The Bertz CT molecular complexity index is 779. The van der Waals surface area contributed by atoms with Gasteiger partial charge in [0.25, 0.3) is 5.91 Å². The largest absolute Gasteiger partial charge is 0.492 e. The second kappa shape index (κ2) is 9.19. The van der Waals surface area contributed by atoms with Gasteiger partial charge in [-0.1, -0.05) is 42.5 Å². The van der Waals surface area contributed by atoms with Gasteiger partial charge < -0.3 is 9.64 Å². The number of piperidine rings is 1. The maximum atomic E-state index is 13.0. The Morgan fingerprint density at radius 2 is 1.85 bits per heavy atom. The first-order valence-electron chi connectivity index (χ1n) is 9.24. The number of hydrogen-bond acceptors (Lipinski definition) is 4. The van der Waals surface area contributed by atoms with Crippen LogP contribution >= 0.6 is 0 Å². The van der Waals surface area contributed by atoms with Crippen LogP contribution in [0, 0.1) is 5.92 Å². The normalized spacial score (nSPS) is 16.6. The van der Waals surface area contributed by atoms with Crippen molar-refractivity contribution in [2.24, 2.45) is 11.8 Å². The molecule has 0 radical (unpaired) electrons. The number of para-hydroxylation sites is 1. The fourth-order valence-electron chi connectivity index (χ4n) is 3.36. The summed E-state index contributed by atoms with van der Waals surface area (Å²) in [5.74, 6) is 5.21. The summed E-state index contributed by atoms with van der Waals surface area (Å²) >= 11 is 0. The predicted octanol–water partition coefficient (Wildman–Crippen LogP) is 2.15. The lowest BCUT2D eigenvalue weighted by Gasteiger charge is -2.32. The first-order valence-corrected chi connectivity index (χ1v) is 9.24. The monoisotopic (exact) mass is 367 g/mol. The van der Waals surface area contributed by atoms with Crippen LogP contribution in [0.25, 0.3) is 0 Å². The number of nitrogens with one attached hydrogen (secondary N) is 1. The summed E-state index contributed by atoms with van der Waals surface area (Å²) in [6.07, 6.45) is 2.29. The van der Waals surface area contributed by atoms with Gasteiger partial charge in [-0.15, -0.1) is 0 Å². The van der Waals surface area contributed by atoms with Crippen LogP contribution in [0.5, 0.6) is 5.75 Å². The maximum Gasteiger partial charge on any atom is 0.257 e. The van der Waals surface area contributed by atoms with Crippen molar-refractivity contribution in [2.75, 3.05) is 19.7 Å². The average molecular weight is 367 g/mol. The predicted molar refractivity (Wildman–Crippen MR) is 103 cm³/mol. The summed E-state index contributed by atoms with van der Waals surface area (Å²) in [5.41, 5.74) is 3.90. The number of likely N-dealkylation sites (tertiary alicyclic amines) is 1. The zero-order valence-corrected chi connectivity index (χ0v) is 15.3. The Balaban J connectivity index is 1.65. The molecular weight excluding hydrogens is 342 g/mol. The standard InChI is InChI=1S/C21H25N3O3/c22-23-20(25)17-9-6-13-24(15-17)21(26)18-10-4-5-11-19(18)27-14-12-16-7-2-1-3-8-16/h1-5,7-8,10-11,17H,6,9,12-15,22H2,(H,23,25). The van der Waals surface area contributed by atoms with E-state index in [1.165, 1.54) is 5.56 Å². The maximum absolute atomic E-state index is 13.0. The molecule has 1 aliphatic heterocycles. The summed E-state index contributed by atoms with van der Waals surface area (Å²) in [6.45, 7) is 1.50. The SMILES string of the molecule is NNC(=O)C1CCCN(C(=O)c2ccccc2OCCc2ccccc2)C1. The minimum absolute atomic E-state index is 0.111. The van der Waals surface area contributed by atoms with Crippen molar-refractivity contribution in [1.82, 2.24) is 10.3 Å². The quantitative estimate of drug-likeness (QED) is 0.465. The van der Waals surface area contributed by atoms with Crippen molar-refractivity contribution in [3.05, 3.63) is 65.7 Å². The number of carbonyl (C=O) groups excluding carboxylic acids is 2. The molecule has 0 saturated carbocycles. The highest BCUT2D eigenvalue weighted by Gasteiger charge is 2.29. The van der Waals surface area contributed by atoms with Crippen LogP contribution in [0.2, 0.25) is 0 Å². The van der Waals surface area contributed by atoms with Crippen molar-refractivity contribution >= 4 is 11.8 Å². The number of hydrogen-bond donors (Lipinski definition) is 2. The van der Waals surface area contributed by atoms with Crippen molar-refractivity contribution in [2.45, 2.75) is 19.3 Å². The molecule has 1 saturated heterocycles. The second-order valence-electron chi connectivity index (χ2n) is 6.68.